The maximum absolute atomic E-state index is 12.3. The molecule has 1 saturated heterocycles. The van der Waals surface area contributed by atoms with Gasteiger partial charge in [0.2, 0.25) is 0 Å². The van der Waals surface area contributed by atoms with E-state index in [1.807, 2.05) is 45.0 Å². The summed E-state index contributed by atoms with van der Waals surface area (Å²) in [6.45, 7) is 9.18. The highest BCUT2D eigenvalue weighted by molar-refractivity contribution is 5.74. The highest BCUT2D eigenvalue weighted by Crippen LogP contribution is 2.42. The number of nitrogens with zero attached hydrogens (tertiary/aromatic N) is 2. The summed E-state index contributed by atoms with van der Waals surface area (Å²) in [5.74, 6) is 0.887. The lowest BCUT2D eigenvalue weighted by Gasteiger charge is -2.38. The van der Waals surface area contributed by atoms with Crippen LogP contribution in [0.1, 0.15) is 32.4 Å². The van der Waals surface area contributed by atoms with E-state index >= 15 is 0 Å². The van der Waals surface area contributed by atoms with E-state index in [9.17, 15) is 4.79 Å². The molecule has 0 bridgehead atoms. The van der Waals surface area contributed by atoms with Gasteiger partial charge in [0.1, 0.15) is 11.7 Å². The summed E-state index contributed by atoms with van der Waals surface area (Å²) in [7, 11) is 0. The molecule has 2 aromatic carbocycles. The third-order valence-electron chi connectivity index (χ3n) is 5.18. The Balaban J connectivity index is 1.47. The maximum atomic E-state index is 12.3. The first-order valence-electron chi connectivity index (χ1n) is 10.2. The molecule has 154 valence electrons. The third kappa shape index (κ3) is 4.42. The number of para-hydroxylation sites is 1. The predicted octanol–water partition coefficient (Wildman–Crippen LogP) is 4.29. The first-order valence-corrected chi connectivity index (χ1v) is 10.2. The zero-order valence-electron chi connectivity index (χ0n) is 17.4. The summed E-state index contributed by atoms with van der Waals surface area (Å²) in [5.41, 5.74) is 2.78. The lowest BCUT2D eigenvalue weighted by atomic mass is 10.1. The molecule has 0 spiro atoms. The van der Waals surface area contributed by atoms with Crippen molar-refractivity contribution >= 4 is 17.5 Å². The molecule has 1 unspecified atom stereocenters. The number of hydrogen-bond donors (Lipinski definition) is 1. The lowest BCUT2D eigenvalue weighted by molar-refractivity contribution is 0.0240. The Morgan fingerprint density at radius 2 is 1.76 bits per heavy atom. The van der Waals surface area contributed by atoms with Crippen molar-refractivity contribution in [3.63, 3.8) is 0 Å². The quantitative estimate of drug-likeness (QED) is 0.822. The second kappa shape index (κ2) is 7.85. The van der Waals surface area contributed by atoms with Crippen molar-refractivity contribution in [1.82, 2.24) is 4.90 Å². The number of carbonyl (C=O) groups is 1. The zero-order chi connectivity index (χ0) is 20.4. The first kappa shape index (κ1) is 19.4. The zero-order valence-corrected chi connectivity index (χ0v) is 17.4. The van der Waals surface area contributed by atoms with Gasteiger partial charge >= 0.3 is 6.09 Å². The van der Waals surface area contributed by atoms with Crippen molar-refractivity contribution in [2.24, 2.45) is 0 Å². The predicted molar refractivity (Wildman–Crippen MR) is 115 cm³/mol. The third-order valence-corrected chi connectivity index (χ3v) is 5.18. The molecule has 0 aliphatic carbocycles. The number of anilines is 2. The number of ether oxygens (including phenoxy) is 2. The molecule has 6 nitrogen and oxygen atoms in total. The fraction of sp³-hybridized carbons (Fsp3) is 0.435. The van der Waals surface area contributed by atoms with Crippen LogP contribution in [0.4, 0.5) is 16.2 Å². The van der Waals surface area contributed by atoms with E-state index in [0.717, 1.165) is 42.3 Å². The van der Waals surface area contributed by atoms with Crippen molar-refractivity contribution in [2.75, 3.05) is 42.9 Å². The molecule has 6 heteroatoms. The fourth-order valence-corrected chi connectivity index (χ4v) is 3.73. The van der Waals surface area contributed by atoms with Crippen LogP contribution < -0.4 is 15.0 Å². The average molecular weight is 396 g/mol. The van der Waals surface area contributed by atoms with Crippen LogP contribution in [-0.4, -0.2) is 49.3 Å². The van der Waals surface area contributed by atoms with Gasteiger partial charge in [-0.2, -0.15) is 0 Å². The van der Waals surface area contributed by atoms with Crippen molar-refractivity contribution in [3.8, 4) is 5.75 Å². The number of amides is 1. The van der Waals surface area contributed by atoms with Crippen LogP contribution in [0.3, 0.4) is 0 Å². The van der Waals surface area contributed by atoms with Crippen LogP contribution in [0.15, 0.2) is 48.5 Å². The molecule has 0 aromatic heterocycles. The van der Waals surface area contributed by atoms with Gasteiger partial charge in [0.15, 0.2) is 5.75 Å². The highest BCUT2D eigenvalue weighted by Gasteiger charge is 2.29. The van der Waals surface area contributed by atoms with Crippen molar-refractivity contribution in [2.45, 2.75) is 32.5 Å². The molecular weight excluding hydrogens is 366 g/mol. The summed E-state index contributed by atoms with van der Waals surface area (Å²) in [6.07, 6.45) is -0.262. The van der Waals surface area contributed by atoms with Gasteiger partial charge in [-0.05, 0) is 38.5 Å². The van der Waals surface area contributed by atoms with E-state index in [4.69, 9.17) is 9.47 Å². The lowest BCUT2D eigenvalue weighted by Crippen LogP contribution is -2.50. The summed E-state index contributed by atoms with van der Waals surface area (Å²) in [4.78, 5) is 16.4. The normalized spacial score (nSPS) is 19.1. The van der Waals surface area contributed by atoms with Crippen LogP contribution >= 0.6 is 0 Å². The van der Waals surface area contributed by atoms with Gasteiger partial charge in [-0.1, -0.05) is 36.4 Å². The number of carbonyl (C=O) groups excluding carboxylic acids is 1. The molecule has 0 radical (unpaired) electrons. The largest absolute Gasteiger partial charge is 0.480 e. The number of rotatable bonds is 2. The highest BCUT2D eigenvalue weighted by atomic mass is 16.6. The van der Waals surface area contributed by atoms with Gasteiger partial charge in [-0.25, -0.2) is 4.79 Å². The molecule has 2 aromatic rings. The number of hydrogen-bond acceptors (Lipinski definition) is 5. The van der Waals surface area contributed by atoms with E-state index in [2.05, 4.69) is 34.5 Å². The summed E-state index contributed by atoms with van der Waals surface area (Å²) >= 11 is 0. The first-order chi connectivity index (χ1) is 13.9. The van der Waals surface area contributed by atoms with E-state index in [-0.39, 0.29) is 12.2 Å². The summed E-state index contributed by atoms with van der Waals surface area (Å²) in [5, 5.41) is 3.51. The van der Waals surface area contributed by atoms with Gasteiger partial charge < -0.3 is 24.6 Å². The fourth-order valence-electron chi connectivity index (χ4n) is 3.73. The van der Waals surface area contributed by atoms with Gasteiger partial charge in [0, 0.05) is 26.2 Å². The van der Waals surface area contributed by atoms with Crippen molar-refractivity contribution < 1.29 is 14.3 Å². The van der Waals surface area contributed by atoms with E-state index in [1.54, 1.807) is 4.90 Å². The summed E-state index contributed by atoms with van der Waals surface area (Å²) < 4.78 is 11.9. The smallest absolute Gasteiger partial charge is 0.410 e. The molecule has 4 rings (SSSR count). The molecule has 2 aliphatic rings. The van der Waals surface area contributed by atoms with E-state index in [1.165, 1.54) is 0 Å². The monoisotopic (exact) mass is 395 g/mol. The molecule has 1 N–H and O–H groups in total. The van der Waals surface area contributed by atoms with Crippen LogP contribution in [0.5, 0.6) is 5.75 Å². The minimum absolute atomic E-state index is 0.0205. The van der Waals surface area contributed by atoms with Crippen LogP contribution in [-0.2, 0) is 4.74 Å². The van der Waals surface area contributed by atoms with Crippen LogP contribution in [0, 0.1) is 0 Å². The molecule has 1 amide bonds. The van der Waals surface area contributed by atoms with E-state index < -0.39 is 5.60 Å². The van der Waals surface area contributed by atoms with Crippen molar-refractivity contribution in [1.29, 1.82) is 0 Å². The molecule has 2 aliphatic heterocycles. The minimum Gasteiger partial charge on any atom is -0.480 e. The van der Waals surface area contributed by atoms with Crippen LogP contribution in [0.2, 0.25) is 0 Å². The van der Waals surface area contributed by atoms with Gasteiger partial charge in [-0.3, -0.25) is 0 Å². The number of piperazine rings is 1. The maximum Gasteiger partial charge on any atom is 0.410 e. The summed E-state index contributed by atoms with van der Waals surface area (Å²) in [6, 6.07) is 16.5. The van der Waals surface area contributed by atoms with Crippen molar-refractivity contribution in [3.05, 3.63) is 54.1 Å². The second-order valence-electron chi connectivity index (χ2n) is 8.51. The minimum atomic E-state index is -0.474. The Kier molecular flexibility index (Phi) is 5.26. The van der Waals surface area contributed by atoms with Gasteiger partial charge in [0.25, 0.3) is 0 Å². The molecular formula is C23H29N3O3. The Labute approximate surface area is 172 Å². The number of nitrogens with one attached hydrogen (secondary N) is 1. The molecule has 1 atom stereocenters. The molecule has 0 saturated carbocycles. The van der Waals surface area contributed by atoms with Gasteiger partial charge in [0.05, 0.1) is 17.9 Å². The Hall–Kier alpha value is -2.89. The van der Waals surface area contributed by atoms with Gasteiger partial charge in [-0.15, -0.1) is 0 Å². The average Bonchev–Trinajstić information content (AvgIpc) is 2.72. The SMILES string of the molecule is CC(C)(C)OC(=O)N1CCN(c2cccc3c2OC(c2ccccc2)CN3)CC1. The standard InChI is InChI=1S/C23H29N3O3/c1-23(2,3)29-22(27)26-14-12-25(13-15-26)19-11-7-10-18-21(19)28-20(16-24-18)17-8-5-4-6-9-17/h4-11,20,24H,12-16H2,1-3H3. The topological polar surface area (TPSA) is 54.0 Å². The molecule has 1 fully saturated rings. The Bertz CT molecular complexity index is 855. The molecule has 29 heavy (non-hydrogen) atoms. The van der Waals surface area contributed by atoms with Crippen LogP contribution in [0.25, 0.3) is 0 Å². The second-order valence-corrected chi connectivity index (χ2v) is 8.51. The number of fused-ring (bicyclic) bond motifs is 1. The van der Waals surface area contributed by atoms with E-state index in [0.29, 0.717) is 13.1 Å². The molecule has 2 heterocycles. The Morgan fingerprint density at radius 1 is 1.03 bits per heavy atom. The number of benzene rings is 2. The Morgan fingerprint density at radius 3 is 2.45 bits per heavy atom.